The molecule has 3 heterocycles. The number of aromatic amines is 1. The van der Waals surface area contributed by atoms with Gasteiger partial charge >= 0.3 is 5.97 Å². The molecule has 0 aliphatic carbocycles. The van der Waals surface area contributed by atoms with Crippen LogP contribution in [0.4, 0.5) is 0 Å². The maximum atomic E-state index is 12.6. The molecule has 0 aliphatic rings. The maximum Gasteiger partial charge on any atom is 0.308 e. The monoisotopic (exact) mass is 496 g/mol. The molecule has 2 N–H and O–H groups in total. The molecule has 4 rings (SSSR count). The zero-order chi connectivity index (χ0) is 24.6. The summed E-state index contributed by atoms with van der Waals surface area (Å²) < 4.78 is 10.8. The number of thiophene rings is 1. The highest BCUT2D eigenvalue weighted by molar-refractivity contribution is 7.13. The van der Waals surface area contributed by atoms with Gasteiger partial charge in [0.2, 0.25) is 5.89 Å². The van der Waals surface area contributed by atoms with E-state index in [4.69, 9.17) is 9.15 Å². The Morgan fingerprint density at radius 2 is 2.03 bits per heavy atom. The number of aromatic nitrogens is 4. The summed E-state index contributed by atoms with van der Waals surface area (Å²) in [5.74, 6) is -0.671. The molecule has 0 spiro atoms. The SMILES string of the molecule is CCCN(Cc1nnc(-c2cccs2)o1)C(=O)COC(=O)CCNC(=O)c1n[nH]c2ccccc12. The molecule has 0 atom stereocenters. The third-order valence-corrected chi connectivity index (χ3v) is 5.89. The zero-order valence-corrected chi connectivity index (χ0v) is 19.8. The second-order valence-corrected chi connectivity index (χ2v) is 8.53. The highest BCUT2D eigenvalue weighted by atomic mass is 32.1. The van der Waals surface area contributed by atoms with Gasteiger partial charge in [0.05, 0.1) is 23.4 Å². The first kappa shape index (κ1) is 24.1. The summed E-state index contributed by atoms with van der Waals surface area (Å²) >= 11 is 1.48. The quantitative estimate of drug-likeness (QED) is 0.302. The van der Waals surface area contributed by atoms with Crippen molar-refractivity contribution in [3.8, 4) is 10.8 Å². The average molecular weight is 497 g/mol. The number of carbonyl (C=O) groups excluding carboxylic acids is 3. The summed E-state index contributed by atoms with van der Waals surface area (Å²) in [5.41, 5.74) is 0.998. The van der Waals surface area contributed by atoms with Crippen molar-refractivity contribution in [3.63, 3.8) is 0 Å². The zero-order valence-electron chi connectivity index (χ0n) is 19.0. The summed E-state index contributed by atoms with van der Waals surface area (Å²) in [6.07, 6.45) is 0.627. The molecule has 12 heteroatoms. The molecule has 0 unspecified atom stereocenters. The van der Waals surface area contributed by atoms with Crippen LogP contribution in [0, 0.1) is 0 Å². The molecular formula is C23H24N6O5S. The number of H-pyrrole nitrogens is 1. The number of nitrogens with one attached hydrogen (secondary N) is 2. The van der Waals surface area contributed by atoms with E-state index in [1.165, 1.54) is 16.2 Å². The summed E-state index contributed by atoms with van der Waals surface area (Å²) in [4.78, 5) is 39.4. The number of para-hydroxylation sites is 1. The molecule has 2 amide bonds. The second-order valence-electron chi connectivity index (χ2n) is 7.58. The molecule has 35 heavy (non-hydrogen) atoms. The molecule has 0 saturated heterocycles. The molecule has 0 bridgehead atoms. The molecule has 0 aliphatic heterocycles. The number of fused-ring (bicyclic) bond motifs is 1. The Balaban J connectivity index is 1.22. The first-order chi connectivity index (χ1) is 17.0. The molecule has 182 valence electrons. The first-order valence-electron chi connectivity index (χ1n) is 11.1. The Bertz CT molecular complexity index is 1300. The number of hydrogen-bond acceptors (Lipinski definition) is 9. The lowest BCUT2D eigenvalue weighted by Gasteiger charge is -2.20. The van der Waals surface area contributed by atoms with Crippen LogP contribution in [-0.4, -0.2) is 62.8 Å². The first-order valence-corrected chi connectivity index (χ1v) is 11.9. The van der Waals surface area contributed by atoms with Gasteiger partial charge in [-0.1, -0.05) is 31.2 Å². The minimum atomic E-state index is -0.597. The van der Waals surface area contributed by atoms with Gasteiger partial charge in [-0.2, -0.15) is 5.10 Å². The van der Waals surface area contributed by atoms with Crippen molar-refractivity contribution in [2.24, 2.45) is 0 Å². The number of carbonyl (C=O) groups is 3. The van der Waals surface area contributed by atoms with Gasteiger partial charge in [0.15, 0.2) is 12.3 Å². The second kappa shape index (κ2) is 11.4. The molecule has 0 saturated carbocycles. The van der Waals surface area contributed by atoms with Crippen LogP contribution >= 0.6 is 11.3 Å². The fourth-order valence-electron chi connectivity index (χ4n) is 3.35. The number of nitrogens with zero attached hydrogens (tertiary/aromatic N) is 4. The highest BCUT2D eigenvalue weighted by Crippen LogP contribution is 2.23. The van der Waals surface area contributed by atoms with Crippen LogP contribution in [0.3, 0.4) is 0 Å². The fourth-order valence-corrected chi connectivity index (χ4v) is 3.99. The van der Waals surface area contributed by atoms with E-state index < -0.39 is 18.5 Å². The van der Waals surface area contributed by atoms with Crippen LogP contribution in [0.2, 0.25) is 0 Å². The van der Waals surface area contributed by atoms with Gasteiger partial charge in [0.1, 0.15) is 0 Å². The van der Waals surface area contributed by atoms with Crippen molar-refractivity contribution in [3.05, 3.63) is 53.4 Å². The minimum absolute atomic E-state index is 0.0548. The predicted molar refractivity (Wildman–Crippen MR) is 127 cm³/mol. The van der Waals surface area contributed by atoms with Gasteiger partial charge in [0.25, 0.3) is 17.7 Å². The molecule has 0 fully saturated rings. The van der Waals surface area contributed by atoms with Gasteiger partial charge in [-0.15, -0.1) is 21.5 Å². The number of hydrogen-bond donors (Lipinski definition) is 2. The van der Waals surface area contributed by atoms with Crippen molar-refractivity contribution in [2.45, 2.75) is 26.3 Å². The van der Waals surface area contributed by atoms with E-state index in [0.29, 0.717) is 30.1 Å². The van der Waals surface area contributed by atoms with Crippen molar-refractivity contribution >= 4 is 40.0 Å². The Morgan fingerprint density at radius 1 is 1.17 bits per heavy atom. The molecule has 4 aromatic rings. The van der Waals surface area contributed by atoms with Gasteiger partial charge in [-0.05, 0) is 23.9 Å². The Kier molecular flexibility index (Phi) is 7.83. The van der Waals surface area contributed by atoms with Gasteiger partial charge < -0.3 is 19.4 Å². The molecule has 11 nitrogen and oxygen atoms in total. The van der Waals surface area contributed by atoms with Crippen molar-refractivity contribution in [2.75, 3.05) is 19.7 Å². The number of benzene rings is 1. The number of esters is 1. The van der Waals surface area contributed by atoms with Gasteiger partial charge in [-0.3, -0.25) is 19.5 Å². The third kappa shape index (κ3) is 6.09. The van der Waals surface area contributed by atoms with E-state index in [1.807, 2.05) is 42.6 Å². The van der Waals surface area contributed by atoms with E-state index in [0.717, 1.165) is 10.4 Å². The lowest BCUT2D eigenvalue weighted by molar-refractivity contribution is -0.152. The van der Waals surface area contributed by atoms with E-state index in [2.05, 4.69) is 25.7 Å². The molecule has 3 aromatic heterocycles. The minimum Gasteiger partial charge on any atom is -0.456 e. The lowest BCUT2D eigenvalue weighted by Crippen LogP contribution is -2.35. The standard InChI is InChI=1S/C23H24N6O5S/c1-2-11-29(13-18-26-28-23(34-18)17-8-5-12-35-17)19(30)14-33-20(31)9-10-24-22(32)21-15-6-3-4-7-16(15)25-27-21/h3-8,12H,2,9-11,13-14H2,1H3,(H,24,32)(H,25,27). The molecule has 0 radical (unpaired) electrons. The third-order valence-electron chi connectivity index (χ3n) is 5.03. The Labute approximate surface area is 204 Å². The van der Waals surface area contributed by atoms with Crippen LogP contribution in [0.5, 0.6) is 0 Å². The van der Waals surface area contributed by atoms with Crippen LogP contribution in [0.15, 0.2) is 46.2 Å². The summed E-state index contributed by atoms with van der Waals surface area (Å²) in [5, 5.41) is 20.1. The normalized spacial score (nSPS) is 10.9. The van der Waals surface area contributed by atoms with Gasteiger partial charge in [-0.25, -0.2) is 0 Å². The van der Waals surface area contributed by atoms with Crippen LogP contribution in [-0.2, 0) is 20.9 Å². The largest absolute Gasteiger partial charge is 0.456 e. The summed E-state index contributed by atoms with van der Waals surface area (Å²) in [6, 6.07) is 11.0. The maximum absolute atomic E-state index is 12.6. The van der Waals surface area contributed by atoms with E-state index >= 15 is 0 Å². The summed E-state index contributed by atoms with van der Waals surface area (Å²) in [7, 11) is 0. The smallest absolute Gasteiger partial charge is 0.308 e. The van der Waals surface area contributed by atoms with E-state index in [-0.39, 0.29) is 31.1 Å². The lowest BCUT2D eigenvalue weighted by atomic mass is 10.2. The van der Waals surface area contributed by atoms with E-state index in [1.54, 1.807) is 6.07 Å². The molecular weight excluding hydrogens is 472 g/mol. The Hall–Kier alpha value is -4.06. The predicted octanol–water partition coefficient (Wildman–Crippen LogP) is 2.78. The number of ether oxygens (including phenoxy) is 1. The van der Waals surface area contributed by atoms with Gasteiger partial charge in [0, 0.05) is 18.5 Å². The fraction of sp³-hybridized carbons (Fsp3) is 0.304. The number of rotatable bonds is 11. The molecule has 1 aromatic carbocycles. The van der Waals surface area contributed by atoms with Crippen molar-refractivity contribution < 1.29 is 23.5 Å². The summed E-state index contributed by atoms with van der Waals surface area (Å²) in [6.45, 7) is 2.14. The van der Waals surface area contributed by atoms with Crippen molar-refractivity contribution in [1.82, 2.24) is 30.6 Å². The van der Waals surface area contributed by atoms with E-state index in [9.17, 15) is 14.4 Å². The number of amides is 2. The highest BCUT2D eigenvalue weighted by Gasteiger charge is 2.20. The van der Waals surface area contributed by atoms with Crippen LogP contribution in [0.1, 0.15) is 36.1 Å². The van der Waals surface area contributed by atoms with Crippen LogP contribution in [0.25, 0.3) is 21.7 Å². The van der Waals surface area contributed by atoms with Crippen molar-refractivity contribution in [1.29, 1.82) is 0 Å². The van der Waals surface area contributed by atoms with Crippen LogP contribution < -0.4 is 5.32 Å². The average Bonchev–Trinajstić information content (AvgIpc) is 3.63. The topological polar surface area (TPSA) is 143 Å². The Morgan fingerprint density at radius 3 is 2.83 bits per heavy atom.